The largest absolute Gasteiger partial charge is 0.127 e. The lowest BCUT2D eigenvalue weighted by atomic mass is 10.1. The van der Waals surface area contributed by atoms with Crippen LogP contribution in [0.15, 0.2) is 48.1 Å². The predicted octanol–water partition coefficient (Wildman–Crippen LogP) is 7.17. The summed E-state index contributed by atoms with van der Waals surface area (Å²) in [6, 6.07) is 2.87. The minimum Gasteiger partial charge on any atom is -0.127 e. The lowest BCUT2D eigenvalue weighted by molar-refractivity contribution is 0.810. The first-order valence-corrected chi connectivity index (χ1v) is 16.3. The molecule has 1 aliphatic heterocycles. The highest BCUT2D eigenvalue weighted by Crippen LogP contribution is 2.44. The van der Waals surface area contributed by atoms with Crippen LogP contribution in [0.5, 0.6) is 0 Å². The zero-order valence-electron chi connectivity index (χ0n) is 15.3. The summed E-state index contributed by atoms with van der Waals surface area (Å²) in [4.78, 5) is 0. The highest BCUT2D eigenvalue weighted by atomic mass is 35.5. The van der Waals surface area contributed by atoms with Gasteiger partial charge in [0.1, 0.15) is 0 Å². The van der Waals surface area contributed by atoms with Crippen molar-refractivity contribution >= 4 is 27.7 Å². The molecule has 0 aromatic rings. The Morgan fingerprint density at radius 3 is 2.43 bits per heavy atom. The maximum atomic E-state index is 5.70. The van der Waals surface area contributed by atoms with Crippen molar-refractivity contribution < 1.29 is 0 Å². The molecule has 3 heteroatoms. The van der Waals surface area contributed by atoms with Gasteiger partial charge in [0.25, 0.3) is 0 Å². The van der Waals surface area contributed by atoms with Crippen LogP contribution in [0.3, 0.4) is 0 Å². The molecular weight excluding hydrogens is 332 g/mol. The summed E-state index contributed by atoms with van der Waals surface area (Å²) < 4.78 is 0. The van der Waals surface area contributed by atoms with E-state index in [2.05, 4.69) is 68.7 Å². The Balaban J connectivity index is 0.000000167. The highest BCUT2D eigenvalue weighted by Gasteiger charge is 2.36. The molecule has 0 radical (unpaired) electrons. The standard InChI is InChI=1S/C10H17ClSi.C10H16Si/c1-12(2,9-5-8-11)10-6-3-4-7-10;1-11(2)8-4-6-9-5-3-7-10(9)11/h3-4,6-7,10H,5,8-9H2,1-2H3;3,5,7,10H,4,6,8H2,1-2H3. The third kappa shape index (κ3) is 5.08. The minimum absolute atomic E-state index is 0.751. The smallest absolute Gasteiger partial charge is 0.0592 e. The van der Waals surface area contributed by atoms with Crippen LogP contribution in [0.1, 0.15) is 19.3 Å². The van der Waals surface area contributed by atoms with Crippen molar-refractivity contribution in [3.8, 4) is 0 Å². The van der Waals surface area contributed by atoms with Crippen molar-refractivity contribution in [1.82, 2.24) is 0 Å². The van der Waals surface area contributed by atoms with Crippen molar-refractivity contribution in [1.29, 1.82) is 0 Å². The number of alkyl halides is 1. The Morgan fingerprint density at radius 1 is 1.13 bits per heavy atom. The van der Waals surface area contributed by atoms with E-state index in [-0.39, 0.29) is 0 Å². The molecule has 0 nitrogen and oxygen atoms in total. The van der Waals surface area contributed by atoms with E-state index in [1.807, 2.05) is 0 Å². The lowest BCUT2D eigenvalue weighted by Gasteiger charge is -2.35. The van der Waals surface area contributed by atoms with Crippen LogP contribution in [0.25, 0.3) is 0 Å². The van der Waals surface area contributed by atoms with Crippen molar-refractivity contribution in [3.63, 3.8) is 0 Å². The number of hydrogen-bond donors (Lipinski definition) is 0. The summed E-state index contributed by atoms with van der Waals surface area (Å²) in [6.07, 6.45) is 20.0. The molecule has 0 spiro atoms. The van der Waals surface area contributed by atoms with Gasteiger partial charge >= 0.3 is 0 Å². The van der Waals surface area contributed by atoms with Gasteiger partial charge in [0.15, 0.2) is 0 Å². The Labute approximate surface area is 150 Å². The molecule has 3 aliphatic rings. The third-order valence-corrected chi connectivity index (χ3v) is 13.7. The molecule has 0 N–H and O–H groups in total. The molecule has 0 saturated carbocycles. The fourth-order valence-electron chi connectivity index (χ4n) is 4.06. The first-order chi connectivity index (χ1) is 10.9. The zero-order valence-corrected chi connectivity index (χ0v) is 18.1. The average molecular weight is 365 g/mol. The molecule has 3 rings (SSSR count). The summed E-state index contributed by atoms with van der Waals surface area (Å²) in [5.41, 5.74) is 3.38. The molecule has 1 fully saturated rings. The first kappa shape index (κ1) is 19.0. The first-order valence-electron chi connectivity index (χ1n) is 9.15. The van der Waals surface area contributed by atoms with Crippen LogP contribution < -0.4 is 0 Å². The van der Waals surface area contributed by atoms with Crippen LogP contribution in [0.2, 0.25) is 49.4 Å². The fraction of sp³-hybridized carbons (Fsp3) is 0.600. The van der Waals surface area contributed by atoms with Gasteiger partial charge < -0.3 is 0 Å². The minimum atomic E-state index is -1.05. The van der Waals surface area contributed by atoms with Crippen LogP contribution in [-0.4, -0.2) is 22.0 Å². The van der Waals surface area contributed by atoms with Crippen LogP contribution in [0.4, 0.5) is 0 Å². The zero-order chi connectivity index (χ0) is 16.9. The van der Waals surface area contributed by atoms with Crippen molar-refractivity contribution in [2.45, 2.75) is 68.6 Å². The summed E-state index contributed by atoms with van der Waals surface area (Å²) in [6.45, 7) is 9.95. The molecular formula is C20H33ClSi2. The molecule has 1 atom stereocenters. The Hall–Kier alpha value is -0.316. The van der Waals surface area contributed by atoms with E-state index < -0.39 is 16.1 Å². The van der Waals surface area contributed by atoms with E-state index in [0.717, 1.165) is 17.0 Å². The third-order valence-electron chi connectivity index (χ3n) is 5.75. The van der Waals surface area contributed by atoms with Crippen molar-refractivity contribution in [3.05, 3.63) is 48.1 Å². The van der Waals surface area contributed by atoms with Gasteiger partial charge in [-0.05, 0) is 23.9 Å². The van der Waals surface area contributed by atoms with Crippen LogP contribution >= 0.6 is 11.6 Å². The maximum absolute atomic E-state index is 5.70. The number of halogens is 1. The monoisotopic (exact) mass is 364 g/mol. The quantitative estimate of drug-likeness (QED) is 0.366. The van der Waals surface area contributed by atoms with Gasteiger partial charge in [-0.1, -0.05) is 92.8 Å². The Kier molecular flexibility index (Phi) is 6.76. The van der Waals surface area contributed by atoms with E-state index in [9.17, 15) is 0 Å². The molecule has 1 heterocycles. The van der Waals surface area contributed by atoms with E-state index >= 15 is 0 Å². The molecule has 0 amide bonds. The number of hydrogen-bond acceptors (Lipinski definition) is 0. The Morgan fingerprint density at radius 2 is 1.83 bits per heavy atom. The van der Waals surface area contributed by atoms with Gasteiger partial charge in [-0.3, -0.25) is 0 Å². The predicted molar refractivity (Wildman–Crippen MR) is 112 cm³/mol. The van der Waals surface area contributed by atoms with Crippen LogP contribution in [0, 0.1) is 0 Å². The fourth-order valence-corrected chi connectivity index (χ4v) is 10.4. The molecule has 0 bridgehead atoms. The molecule has 1 unspecified atom stereocenters. The van der Waals surface area contributed by atoms with E-state index in [1.54, 1.807) is 5.57 Å². The molecule has 1 saturated heterocycles. The number of fused-ring (bicyclic) bond motifs is 1. The second-order valence-electron chi connectivity index (χ2n) is 8.52. The van der Waals surface area contributed by atoms with E-state index in [1.165, 1.54) is 31.4 Å². The van der Waals surface area contributed by atoms with Gasteiger partial charge in [-0.15, -0.1) is 11.6 Å². The second-order valence-corrected chi connectivity index (χ2v) is 19.1. The van der Waals surface area contributed by atoms with Crippen LogP contribution in [-0.2, 0) is 0 Å². The van der Waals surface area contributed by atoms with Gasteiger partial charge in [0, 0.05) is 5.88 Å². The van der Waals surface area contributed by atoms with E-state index in [4.69, 9.17) is 11.6 Å². The van der Waals surface area contributed by atoms with Gasteiger partial charge in [0.05, 0.1) is 16.1 Å². The van der Waals surface area contributed by atoms with Gasteiger partial charge in [0.2, 0.25) is 0 Å². The number of allylic oxidation sites excluding steroid dienone is 8. The normalized spacial score (nSPS) is 25.1. The lowest BCUT2D eigenvalue weighted by Crippen LogP contribution is -2.34. The SMILES string of the molecule is C[Si](C)(CCCCl)C1C=CC=C1.C[Si]1(C)CCCC2=CC=CC21. The molecule has 128 valence electrons. The van der Waals surface area contributed by atoms with E-state index in [0.29, 0.717) is 0 Å². The maximum Gasteiger partial charge on any atom is 0.0592 e. The Bertz CT molecular complexity index is 500. The molecule has 23 heavy (non-hydrogen) atoms. The summed E-state index contributed by atoms with van der Waals surface area (Å²) in [5.74, 6) is 0.816. The van der Waals surface area contributed by atoms with Crippen molar-refractivity contribution in [2.24, 2.45) is 0 Å². The van der Waals surface area contributed by atoms with Gasteiger partial charge in [-0.25, -0.2) is 0 Å². The summed E-state index contributed by atoms with van der Waals surface area (Å²) in [7, 11) is -1.92. The molecule has 0 aromatic carbocycles. The average Bonchev–Trinajstić information content (AvgIpc) is 3.17. The topological polar surface area (TPSA) is 0 Å². The summed E-state index contributed by atoms with van der Waals surface area (Å²) >= 11 is 5.70. The van der Waals surface area contributed by atoms with Gasteiger partial charge in [-0.2, -0.15) is 0 Å². The molecule has 0 aromatic heterocycles. The highest BCUT2D eigenvalue weighted by molar-refractivity contribution is 6.80. The number of rotatable bonds is 4. The van der Waals surface area contributed by atoms with Crippen molar-refractivity contribution in [2.75, 3.05) is 5.88 Å². The molecule has 2 aliphatic carbocycles. The summed E-state index contributed by atoms with van der Waals surface area (Å²) in [5, 5.41) is 0. The second kappa shape index (κ2) is 8.18.